The highest BCUT2D eigenvalue weighted by Crippen LogP contribution is 2.21. The summed E-state index contributed by atoms with van der Waals surface area (Å²) in [5, 5.41) is 6.60. The zero-order valence-corrected chi connectivity index (χ0v) is 16.6. The molecule has 1 fully saturated rings. The molecule has 0 saturated carbocycles. The molecule has 2 rings (SSSR count). The Kier molecular flexibility index (Phi) is 6.47. The first-order chi connectivity index (χ1) is 11.7. The van der Waals surface area contributed by atoms with Gasteiger partial charge in [-0.3, -0.25) is 9.69 Å². The number of nitrogens with zero attached hydrogens (tertiary/aromatic N) is 2. The maximum atomic E-state index is 12.7. The van der Waals surface area contributed by atoms with Gasteiger partial charge in [0.15, 0.2) is 0 Å². The lowest BCUT2D eigenvalue weighted by Gasteiger charge is -2.37. The third-order valence-corrected chi connectivity index (χ3v) is 4.87. The Hall–Kier alpha value is -1.59. The van der Waals surface area contributed by atoms with Crippen LogP contribution in [0.3, 0.4) is 0 Å². The number of nitrogens with one attached hydrogen (secondary N) is 2. The Balaban J connectivity index is 1.99. The monoisotopic (exact) mass is 346 g/mol. The van der Waals surface area contributed by atoms with E-state index in [0.717, 1.165) is 43.0 Å². The van der Waals surface area contributed by atoms with Gasteiger partial charge < -0.3 is 15.5 Å². The van der Waals surface area contributed by atoms with Crippen molar-refractivity contribution in [1.82, 2.24) is 15.1 Å². The van der Waals surface area contributed by atoms with Crippen molar-refractivity contribution < 1.29 is 4.79 Å². The van der Waals surface area contributed by atoms with Crippen LogP contribution < -0.4 is 10.6 Å². The molecule has 0 bridgehead atoms. The van der Waals surface area contributed by atoms with Crippen molar-refractivity contribution in [1.29, 1.82) is 0 Å². The van der Waals surface area contributed by atoms with Crippen molar-refractivity contribution in [3.8, 4) is 0 Å². The first kappa shape index (κ1) is 19.7. The summed E-state index contributed by atoms with van der Waals surface area (Å²) in [7, 11) is 4.27. The molecule has 1 aromatic carbocycles. The first-order valence-corrected chi connectivity index (χ1v) is 9.18. The van der Waals surface area contributed by atoms with E-state index in [0.29, 0.717) is 12.6 Å². The smallest absolute Gasteiger partial charge is 0.251 e. The van der Waals surface area contributed by atoms with Crippen LogP contribution in [0, 0.1) is 12.3 Å². The van der Waals surface area contributed by atoms with Gasteiger partial charge in [-0.15, -0.1) is 0 Å². The highest BCUT2D eigenvalue weighted by Gasteiger charge is 2.23. The summed E-state index contributed by atoms with van der Waals surface area (Å²) in [6.07, 6.45) is 0. The summed E-state index contributed by atoms with van der Waals surface area (Å²) in [6.45, 7) is 13.3. The van der Waals surface area contributed by atoms with Crippen LogP contribution in [0.1, 0.15) is 36.7 Å². The molecule has 1 heterocycles. The molecule has 1 saturated heterocycles. The van der Waals surface area contributed by atoms with Crippen LogP contribution in [-0.4, -0.2) is 68.6 Å². The van der Waals surface area contributed by atoms with Gasteiger partial charge in [0.1, 0.15) is 0 Å². The van der Waals surface area contributed by atoms with E-state index in [9.17, 15) is 4.79 Å². The highest BCUT2D eigenvalue weighted by atomic mass is 16.1. The van der Waals surface area contributed by atoms with Crippen molar-refractivity contribution in [3.63, 3.8) is 0 Å². The van der Waals surface area contributed by atoms with Crippen molar-refractivity contribution in [2.75, 3.05) is 52.1 Å². The van der Waals surface area contributed by atoms with E-state index in [2.05, 4.69) is 55.3 Å². The number of carbonyl (C=O) groups is 1. The van der Waals surface area contributed by atoms with Gasteiger partial charge in [-0.05, 0) is 44.1 Å². The molecule has 1 aliphatic rings. The van der Waals surface area contributed by atoms with E-state index < -0.39 is 0 Å². The quantitative estimate of drug-likeness (QED) is 0.860. The normalized spacial score (nSPS) is 19.7. The second kappa shape index (κ2) is 8.19. The summed E-state index contributed by atoms with van der Waals surface area (Å²) in [5.41, 5.74) is 3.00. The minimum atomic E-state index is 0.0125. The topological polar surface area (TPSA) is 47.6 Å². The largest absolute Gasteiger partial charge is 0.384 e. The molecule has 1 amide bonds. The lowest BCUT2D eigenvalue weighted by Crippen LogP contribution is -2.54. The lowest BCUT2D eigenvalue weighted by molar-refractivity contribution is 0.0880. The third kappa shape index (κ3) is 5.72. The SMILES string of the molecule is Cc1c(NCC(C)(C)C)cccc1C(=O)NC[C@@H]1CN(C)CCN1C. The van der Waals surface area contributed by atoms with E-state index in [1.54, 1.807) is 0 Å². The van der Waals surface area contributed by atoms with Crippen LogP contribution in [0.2, 0.25) is 0 Å². The Morgan fingerprint density at radius 2 is 1.96 bits per heavy atom. The fourth-order valence-corrected chi connectivity index (χ4v) is 3.06. The van der Waals surface area contributed by atoms with Gasteiger partial charge >= 0.3 is 0 Å². The molecule has 25 heavy (non-hydrogen) atoms. The Morgan fingerprint density at radius 1 is 1.24 bits per heavy atom. The number of rotatable bonds is 5. The van der Waals surface area contributed by atoms with Gasteiger partial charge in [0.25, 0.3) is 5.91 Å². The molecular formula is C20H34N4O. The number of hydrogen-bond acceptors (Lipinski definition) is 4. The second-order valence-electron chi connectivity index (χ2n) is 8.50. The van der Waals surface area contributed by atoms with Gasteiger partial charge in [-0.1, -0.05) is 26.8 Å². The molecule has 140 valence electrons. The van der Waals surface area contributed by atoms with Gasteiger partial charge in [0.2, 0.25) is 0 Å². The molecule has 1 atom stereocenters. The van der Waals surface area contributed by atoms with Gasteiger partial charge in [-0.2, -0.15) is 0 Å². The minimum Gasteiger partial charge on any atom is -0.384 e. The molecule has 1 aromatic rings. The fraction of sp³-hybridized carbons (Fsp3) is 0.650. The van der Waals surface area contributed by atoms with E-state index in [1.807, 2.05) is 25.1 Å². The van der Waals surface area contributed by atoms with Crippen LogP contribution in [-0.2, 0) is 0 Å². The molecule has 0 radical (unpaired) electrons. The maximum Gasteiger partial charge on any atom is 0.251 e. The molecule has 5 heteroatoms. The number of likely N-dealkylation sites (N-methyl/N-ethyl adjacent to an activating group) is 2. The average Bonchev–Trinajstić information content (AvgIpc) is 2.53. The van der Waals surface area contributed by atoms with Gasteiger partial charge in [0, 0.05) is 50.0 Å². The molecule has 0 unspecified atom stereocenters. The summed E-state index contributed by atoms with van der Waals surface area (Å²) in [6, 6.07) is 6.27. The predicted octanol–water partition coefficient (Wildman–Crippen LogP) is 2.43. The second-order valence-corrected chi connectivity index (χ2v) is 8.50. The standard InChI is InChI=1S/C20H34N4O/c1-15-17(8-7-9-18(15)22-14-20(2,3)4)19(25)21-12-16-13-23(5)10-11-24(16)6/h7-9,16,22H,10-14H2,1-6H3,(H,21,25)/t16-/m1/s1. The zero-order valence-electron chi connectivity index (χ0n) is 16.6. The zero-order chi connectivity index (χ0) is 18.6. The Labute approximate surface area is 152 Å². The third-order valence-electron chi connectivity index (χ3n) is 4.87. The van der Waals surface area contributed by atoms with Crippen molar-refractivity contribution in [2.24, 2.45) is 5.41 Å². The molecule has 0 aliphatic carbocycles. The molecule has 0 spiro atoms. The van der Waals surface area contributed by atoms with Crippen LogP contribution in [0.5, 0.6) is 0 Å². The maximum absolute atomic E-state index is 12.7. The van der Waals surface area contributed by atoms with Crippen molar-refractivity contribution in [3.05, 3.63) is 29.3 Å². The number of carbonyl (C=O) groups excluding carboxylic acids is 1. The molecule has 0 aromatic heterocycles. The van der Waals surface area contributed by atoms with Crippen molar-refractivity contribution >= 4 is 11.6 Å². The van der Waals surface area contributed by atoms with E-state index in [4.69, 9.17) is 0 Å². The minimum absolute atomic E-state index is 0.0125. The molecule has 5 nitrogen and oxygen atoms in total. The number of benzene rings is 1. The summed E-state index contributed by atoms with van der Waals surface area (Å²) in [4.78, 5) is 17.3. The van der Waals surface area contributed by atoms with Crippen LogP contribution in [0.25, 0.3) is 0 Å². The van der Waals surface area contributed by atoms with Crippen molar-refractivity contribution in [2.45, 2.75) is 33.7 Å². The number of hydrogen-bond donors (Lipinski definition) is 2. The average molecular weight is 347 g/mol. The highest BCUT2D eigenvalue weighted by molar-refractivity contribution is 5.97. The summed E-state index contributed by atoms with van der Waals surface area (Å²) >= 11 is 0. The lowest BCUT2D eigenvalue weighted by atomic mass is 9.96. The Bertz CT molecular complexity index is 594. The number of anilines is 1. The van der Waals surface area contributed by atoms with Gasteiger partial charge in [0.05, 0.1) is 0 Å². The van der Waals surface area contributed by atoms with Crippen LogP contribution in [0.4, 0.5) is 5.69 Å². The Morgan fingerprint density at radius 3 is 2.64 bits per heavy atom. The van der Waals surface area contributed by atoms with Crippen LogP contribution >= 0.6 is 0 Å². The first-order valence-electron chi connectivity index (χ1n) is 9.18. The summed E-state index contributed by atoms with van der Waals surface area (Å²) in [5.74, 6) is 0.0125. The fourth-order valence-electron chi connectivity index (χ4n) is 3.06. The molecule has 2 N–H and O–H groups in total. The number of piperazine rings is 1. The predicted molar refractivity (Wildman–Crippen MR) is 105 cm³/mol. The number of amides is 1. The summed E-state index contributed by atoms with van der Waals surface area (Å²) < 4.78 is 0. The van der Waals surface area contributed by atoms with E-state index in [1.165, 1.54) is 0 Å². The van der Waals surface area contributed by atoms with E-state index >= 15 is 0 Å². The van der Waals surface area contributed by atoms with E-state index in [-0.39, 0.29) is 11.3 Å². The van der Waals surface area contributed by atoms with Crippen LogP contribution in [0.15, 0.2) is 18.2 Å². The van der Waals surface area contributed by atoms with Gasteiger partial charge in [-0.25, -0.2) is 0 Å². The molecule has 1 aliphatic heterocycles. The molecular weight excluding hydrogens is 312 g/mol.